The first-order chi connectivity index (χ1) is 13.0. The number of nitrogens with zero attached hydrogens (tertiary/aromatic N) is 4. The van der Waals surface area contributed by atoms with Crippen molar-refractivity contribution in [3.05, 3.63) is 62.4 Å². The van der Waals surface area contributed by atoms with E-state index in [1.54, 1.807) is 12.1 Å². The van der Waals surface area contributed by atoms with E-state index in [1.807, 2.05) is 33.7 Å². The lowest BCUT2D eigenvalue weighted by molar-refractivity contribution is -0.384. The summed E-state index contributed by atoms with van der Waals surface area (Å²) in [6, 6.07) is 12.6. The van der Waals surface area contributed by atoms with E-state index < -0.39 is 0 Å². The van der Waals surface area contributed by atoms with Crippen molar-refractivity contribution < 1.29 is 9.34 Å². The largest absolute Gasteiger partial charge is 0.429 e. The zero-order valence-corrected chi connectivity index (χ0v) is 15.9. The van der Waals surface area contributed by atoms with Gasteiger partial charge in [0.05, 0.1) is 17.1 Å². The molecule has 0 aliphatic carbocycles. The Labute approximate surface area is 165 Å². The highest BCUT2D eigenvalue weighted by atomic mass is 35.5. The highest BCUT2D eigenvalue weighted by Gasteiger charge is 2.24. The maximum atomic E-state index is 11.3. The number of fused-ring (bicyclic) bond motifs is 1. The van der Waals surface area contributed by atoms with Gasteiger partial charge < -0.3 is 9.32 Å². The maximum absolute atomic E-state index is 11.3. The Balaban J connectivity index is 1.49. The Hall–Kier alpha value is -2.42. The molecule has 2 heterocycles. The number of nitro benzene ring substituents is 1. The molecule has 1 aliphatic rings. The predicted octanol–water partition coefficient (Wildman–Crippen LogP) is 4.31. The maximum Gasteiger partial charge on any atom is 0.294 e. The van der Waals surface area contributed by atoms with Crippen molar-refractivity contribution in [2.75, 3.05) is 31.1 Å². The molecule has 2 aromatic carbocycles. The molecule has 1 aromatic heterocycles. The molecular weight excluding hydrogens is 388 g/mol. The summed E-state index contributed by atoms with van der Waals surface area (Å²) in [4.78, 5) is 15.7. The van der Waals surface area contributed by atoms with Gasteiger partial charge in [0.15, 0.2) is 5.58 Å². The fourth-order valence-electron chi connectivity index (χ4n) is 3.39. The standard InChI is InChI=1S/C18H17ClN4O3S/c19-13-5-6-14(16(11-13)23(24)25)21-9-7-20(8-10-21)12-22-15-3-1-2-4-17(15)26-18(22)27/h1-6,11H,7-10,12H2. The van der Waals surface area contributed by atoms with Crippen molar-refractivity contribution in [3.63, 3.8) is 0 Å². The molecule has 0 radical (unpaired) electrons. The normalized spacial score (nSPS) is 15.4. The quantitative estimate of drug-likeness (QED) is 0.367. The Morgan fingerprint density at radius 3 is 2.63 bits per heavy atom. The zero-order valence-electron chi connectivity index (χ0n) is 14.4. The lowest BCUT2D eigenvalue weighted by Gasteiger charge is -2.35. The van der Waals surface area contributed by atoms with Crippen LogP contribution >= 0.6 is 23.8 Å². The fraction of sp³-hybridized carbons (Fsp3) is 0.278. The van der Waals surface area contributed by atoms with E-state index in [2.05, 4.69) is 4.90 Å². The molecule has 4 rings (SSSR count). The van der Waals surface area contributed by atoms with Crippen LogP contribution in [0, 0.1) is 15.0 Å². The fourth-order valence-corrected chi connectivity index (χ4v) is 3.80. The van der Waals surface area contributed by atoms with Crippen LogP contribution in [0.1, 0.15) is 0 Å². The predicted molar refractivity (Wildman–Crippen MR) is 107 cm³/mol. The number of piperazine rings is 1. The van der Waals surface area contributed by atoms with Gasteiger partial charge in [-0.3, -0.25) is 19.6 Å². The number of rotatable bonds is 4. The number of halogens is 1. The minimum Gasteiger partial charge on any atom is -0.429 e. The number of hydrogen-bond acceptors (Lipinski definition) is 6. The minimum atomic E-state index is -0.384. The van der Waals surface area contributed by atoms with Gasteiger partial charge in [0, 0.05) is 37.3 Å². The average Bonchev–Trinajstić information content (AvgIpc) is 2.98. The lowest BCUT2D eigenvalue weighted by atomic mass is 10.2. The van der Waals surface area contributed by atoms with Crippen molar-refractivity contribution in [2.45, 2.75) is 6.67 Å². The van der Waals surface area contributed by atoms with Gasteiger partial charge in [-0.1, -0.05) is 23.7 Å². The number of nitro groups is 1. The second kappa shape index (κ2) is 7.30. The van der Waals surface area contributed by atoms with E-state index >= 15 is 0 Å². The summed E-state index contributed by atoms with van der Waals surface area (Å²) >= 11 is 11.3. The van der Waals surface area contributed by atoms with Gasteiger partial charge in [-0.25, -0.2) is 0 Å². The summed E-state index contributed by atoms with van der Waals surface area (Å²) in [5.41, 5.74) is 2.39. The number of anilines is 1. The van der Waals surface area contributed by atoms with Gasteiger partial charge in [0.1, 0.15) is 5.69 Å². The first-order valence-electron chi connectivity index (χ1n) is 8.52. The molecule has 7 nitrogen and oxygen atoms in total. The molecule has 0 saturated carbocycles. The topological polar surface area (TPSA) is 67.7 Å². The van der Waals surface area contributed by atoms with Crippen molar-refractivity contribution in [1.29, 1.82) is 0 Å². The molecule has 3 aromatic rings. The van der Waals surface area contributed by atoms with E-state index in [1.165, 1.54) is 6.07 Å². The van der Waals surface area contributed by atoms with Gasteiger partial charge in [0.2, 0.25) is 0 Å². The van der Waals surface area contributed by atoms with E-state index in [0.29, 0.717) is 35.3 Å². The van der Waals surface area contributed by atoms with E-state index in [0.717, 1.165) is 24.2 Å². The van der Waals surface area contributed by atoms with Crippen LogP contribution < -0.4 is 4.90 Å². The Morgan fingerprint density at radius 1 is 1.15 bits per heavy atom. The van der Waals surface area contributed by atoms with Crippen LogP contribution in [0.25, 0.3) is 11.1 Å². The summed E-state index contributed by atoms with van der Waals surface area (Å²) in [7, 11) is 0. The summed E-state index contributed by atoms with van der Waals surface area (Å²) in [5.74, 6) is 0. The molecule has 1 fully saturated rings. The zero-order chi connectivity index (χ0) is 19.0. The molecule has 0 spiro atoms. The highest BCUT2D eigenvalue weighted by Crippen LogP contribution is 2.31. The summed E-state index contributed by atoms with van der Waals surface area (Å²) in [6.45, 7) is 3.53. The number of benzene rings is 2. The van der Waals surface area contributed by atoms with Crippen molar-refractivity contribution in [2.24, 2.45) is 0 Å². The van der Waals surface area contributed by atoms with Crippen molar-refractivity contribution >= 4 is 46.3 Å². The number of aromatic nitrogens is 1. The number of oxazole rings is 1. The molecule has 0 atom stereocenters. The third-order valence-corrected chi connectivity index (χ3v) is 5.30. The Morgan fingerprint density at radius 2 is 1.89 bits per heavy atom. The molecular formula is C18H17ClN4O3S. The number of para-hydroxylation sites is 2. The van der Waals surface area contributed by atoms with Gasteiger partial charge in [0.25, 0.3) is 10.5 Å². The van der Waals surface area contributed by atoms with E-state index in [-0.39, 0.29) is 10.6 Å². The first kappa shape index (κ1) is 18.0. The van der Waals surface area contributed by atoms with Gasteiger partial charge in [-0.05, 0) is 36.5 Å². The molecule has 9 heteroatoms. The molecule has 140 valence electrons. The third kappa shape index (κ3) is 3.55. The molecule has 27 heavy (non-hydrogen) atoms. The number of hydrogen-bond donors (Lipinski definition) is 0. The smallest absolute Gasteiger partial charge is 0.294 e. The van der Waals surface area contributed by atoms with Gasteiger partial charge >= 0.3 is 0 Å². The van der Waals surface area contributed by atoms with Crippen LogP contribution in [0.4, 0.5) is 11.4 Å². The van der Waals surface area contributed by atoms with Crippen LogP contribution in [0.3, 0.4) is 0 Å². The van der Waals surface area contributed by atoms with Crippen LogP contribution in [-0.2, 0) is 6.67 Å². The van der Waals surface area contributed by atoms with Crippen LogP contribution in [0.2, 0.25) is 5.02 Å². The molecule has 0 N–H and O–H groups in total. The summed E-state index contributed by atoms with van der Waals surface area (Å²) in [5, 5.41) is 11.7. The minimum absolute atomic E-state index is 0.0407. The van der Waals surface area contributed by atoms with Crippen LogP contribution in [0.15, 0.2) is 46.9 Å². The first-order valence-corrected chi connectivity index (χ1v) is 9.31. The molecule has 0 bridgehead atoms. The summed E-state index contributed by atoms with van der Waals surface area (Å²) in [6.07, 6.45) is 0. The molecule has 1 saturated heterocycles. The lowest BCUT2D eigenvalue weighted by Crippen LogP contribution is -2.47. The monoisotopic (exact) mass is 404 g/mol. The average molecular weight is 405 g/mol. The Kier molecular flexibility index (Phi) is 4.86. The molecule has 1 aliphatic heterocycles. The van der Waals surface area contributed by atoms with E-state index in [4.69, 9.17) is 28.2 Å². The SMILES string of the molecule is O=[N+]([O-])c1cc(Cl)ccc1N1CCN(Cn2c(=S)oc3ccccc32)CC1. The molecule has 0 amide bonds. The van der Waals surface area contributed by atoms with Crippen molar-refractivity contribution in [1.82, 2.24) is 9.47 Å². The second-order valence-electron chi connectivity index (χ2n) is 6.40. The Bertz CT molecular complexity index is 1060. The van der Waals surface area contributed by atoms with E-state index in [9.17, 15) is 10.1 Å². The summed E-state index contributed by atoms with van der Waals surface area (Å²) < 4.78 is 7.61. The van der Waals surface area contributed by atoms with Crippen LogP contribution in [-0.4, -0.2) is 40.6 Å². The van der Waals surface area contributed by atoms with Gasteiger partial charge in [-0.2, -0.15) is 0 Å². The van der Waals surface area contributed by atoms with Crippen LogP contribution in [0.5, 0.6) is 0 Å². The third-order valence-electron chi connectivity index (χ3n) is 4.76. The van der Waals surface area contributed by atoms with Crippen molar-refractivity contribution in [3.8, 4) is 0 Å². The van der Waals surface area contributed by atoms with Gasteiger partial charge in [-0.15, -0.1) is 0 Å². The highest BCUT2D eigenvalue weighted by molar-refractivity contribution is 7.71. The molecule has 0 unspecified atom stereocenters. The second-order valence-corrected chi connectivity index (χ2v) is 7.19.